The maximum Gasteiger partial charge on any atom is 0.230 e. The van der Waals surface area contributed by atoms with Crippen LogP contribution < -0.4 is 5.32 Å². The van der Waals surface area contributed by atoms with Gasteiger partial charge in [0.15, 0.2) is 0 Å². The summed E-state index contributed by atoms with van der Waals surface area (Å²) in [6.07, 6.45) is 0. The minimum absolute atomic E-state index is 0.0189. The molecule has 0 aliphatic rings. The van der Waals surface area contributed by atoms with E-state index in [-0.39, 0.29) is 11.9 Å². The fourth-order valence-electron chi connectivity index (χ4n) is 1.80. The van der Waals surface area contributed by atoms with E-state index in [1.54, 1.807) is 0 Å². The van der Waals surface area contributed by atoms with Gasteiger partial charge in [-0.1, -0.05) is 39.7 Å². The zero-order valence-electron chi connectivity index (χ0n) is 11.5. The van der Waals surface area contributed by atoms with E-state index in [4.69, 9.17) is 11.6 Å². The van der Waals surface area contributed by atoms with Crippen molar-refractivity contribution in [2.75, 3.05) is 5.75 Å². The lowest BCUT2D eigenvalue weighted by Gasteiger charge is -2.14. The Bertz CT molecular complexity index is 601. The normalized spacial score (nSPS) is 12.0. The van der Waals surface area contributed by atoms with E-state index in [0.717, 1.165) is 14.9 Å². The highest BCUT2D eigenvalue weighted by Gasteiger charge is 2.09. The van der Waals surface area contributed by atoms with Gasteiger partial charge < -0.3 is 5.32 Å². The Morgan fingerprint density at radius 1 is 1.19 bits per heavy atom. The third-order valence-electron chi connectivity index (χ3n) is 2.93. The van der Waals surface area contributed by atoms with E-state index in [2.05, 4.69) is 21.2 Å². The number of carbonyl (C=O) groups excluding carboxylic acids is 1. The van der Waals surface area contributed by atoms with Crippen molar-refractivity contribution in [1.82, 2.24) is 5.32 Å². The molecule has 0 heterocycles. The van der Waals surface area contributed by atoms with E-state index in [0.29, 0.717) is 10.8 Å². The molecule has 0 spiro atoms. The van der Waals surface area contributed by atoms with Crippen LogP contribution in [0.4, 0.5) is 0 Å². The number of rotatable bonds is 5. The van der Waals surface area contributed by atoms with Gasteiger partial charge in [-0.3, -0.25) is 4.79 Å². The fourth-order valence-corrected chi connectivity index (χ4v) is 2.90. The third-order valence-corrected chi connectivity index (χ3v) is 4.72. The molecule has 0 radical (unpaired) electrons. The van der Waals surface area contributed by atoms with Gasteiger partial charge in [0, 0.05) is 14.4 Å². The Morgan fingerprint density at radius 2 is 1.81 bits per heavy atom. The maximum absolute atomic E-state index is 12.0. The molecule has 2 rings (SSSR count). The van der Waals surface area contributed by atoms with Gasteiger partial charge >= 0.3 is 0 Å². The summed E-state index contributed by atoms with van der Waals surface area (Å²) in [5.74, 6) is 0.421. The van der Waals surface area contributed by atoms with Crippen molar-refractivity contribution in [3.63, 3.8) is 0 Å². The van der Waals surface area contributed by atoms with Gasteiger partial charge in [0.25, 0.3) is 0 Å². The Labute approximate surface area is 142 Å². The van der Waals surface area contributed by atoms with Crippen LogP contribution >= 0.6 is 39.3 Å². The molecule has 2 aromatic rings. The number of nitrogens with one attached hydrogen (secondary N) is 1. The summed E-state index contributed by atoms with van der Waals surface area (Å²) in [5, 5.41) is 3.68. The Balaban J connectivity index is 1.83. The smallest absolute Gasteiger partial charge is 0.230 e. The van der Waals surface area contributed by atoms with Crippen LogP contribution in [0.2, 0.25) is 5.02 Å². The quantitative estimate of drug-likeness (QED) is 0.729. The van der Waals surface area contributed by atoms with E-state index in [1.807, 2.05) is 55.5 Å². The summed E-state index contributed by atoms with van der Waals surface area (Å²) in [6, 6.07) is 15.4. The van der Waals surface area contributed by atoms with Crippen molar-refractivity contribution in [3.8, 4) is 0 Å². The van der Waals surface area contributed by atoms with Crippen LogP contribution in [0, 0.1) is 0 Å². The zero-order valence-corrected chi connectivity index (χ0v) is 14.6. The molecule has 0 aliphatic carbocycles. The molecular formula is C16H15BrClNOS. The van der Waals surface area contributed by atoms with Gasteiger partial charge in [-0.2, -0.15) is 0 Å². The molecule has 2 nitrogen and oxygen atoms in total. The van der Waals surface area contributed by atoms with Crippen molar-refractivity contribution < 1.29 is 4.79 Å². The number of halogens is 2. The first-order valence-corrected chi connectivity index (χ1v) is 8.63. The second-order valence-electron chi connectivity index (χ2n) is 4.58. The first-order chi connectivity index (χ1) is 10.0. The van der Waals surface area contributed by atoms with Crippen LogP contribution in [-0.4, -0.2) is 11.7 Å². The van der Waals surface area contributed by atoms with Crippen molar-refractivity contribution >= 4 is 45.2 Å². The van der Waals surface area contributed by atoms with Gasteiger partial charge in [0.1, 0.15) is 0 Å². The average Bonchev–Trinajstić information content (AvgIpc) is 2.47. The lowest BCUT2D eigenvalue weighted by atomic mass is 10.1. The molecule has 110 valence electrons. The number of benzene rings is 2. The topological polar surface area (TPSA) is 29.1 Å². The van der Waals surface area contributed by atoms with E-state index >= 15 is 0 Å². The van der Waals surface area contributed by atoms with Gasteiger partial charge in [-0.25, -0.2) is 0 Å². The van der Waals surface area contributed by atoms with Crippen LogP contribution in [0.1, 0.15) is 18.5 Å². The van der Waals surface area contributed by atoms with Gasteiger partial charge in [-0.15, -0.1) is 11.8 Å². The number of carbonyl (C=O) groups is 1. The van der Waals surface area contributed by atoms with E-state index < -0.39 is 0 Å². The summed E-state index contributed by atoms with van der Waals surface area (Å²) in [4.78, 5) is 13.0. The molecule has 1 atom stereocenters. The highest BCUT2D eigenvalue weighted by molar-refractivity contribution is 9.10. The minimum Gasteiger partial charge on any atom is -0.349 e. The minimum atomic E-state index is -0.0275. The third kappa shape index (κ3) is 5.38. The molecule has 0 unspecified atom stereocenters. The highest BCUT2D eigenvalue weighted by Crippen LogP contribution is 2.21. The molecular weight excluding hydrogens is 370 g/mol. The summed E-state index contributed by atoms with van der Waals surface area (Å²) >= 11 is 10.8. The molecule has 0 saturated carbocycles. The molecule has 1 N–H and O–H groups in total. The molecule has 1 amide bonds. The van der Waals surface area contributed by atoms with E-state index in [1.165, 1.54) is 11.8 Å². The van der Waals surface area contributed by atoms with E-state index in [9.17, 15) is 4.79 Å². The van der Waals surface area contributed by atoms with Crippen LogP contribution in [0.25, 0.3) is 0 Å². The zero-order chi connectivity index (χ0) is 15.2. The van der Waals surface area contributed by atoms with Crippen molar-refractivity contribution in [2.45, 2.75) is 17.9 Å². The van der Waals surface area contributed by atoms with Crippen LogP contribution in [0.3, 0.4) is 0 Å². The molecule has 21 heavy (non-hydrogen) atoms. The fraction of sp³-hybridized carbons (Fsp3) is 0.188. The number of thioether (sulfide) groups is 1. The van der Waals surface area contributed by atoms with Crippen LogP contribution in [0.15, 0.2) is 57.9 Å². The average molecular weight is 385 g/mol. The highest BCUT2D eigenvalue weighted by atomic mass is 79.9. The molecule has 0 bridgehead atoms. The standard InChI is InChI=1S/C16H15BrClNOS/c1-11(12-2-6-14(18)7-3-12)19-16(20)10-21-15-8-4-13(17)5-9-15/h2-9,11H,10H2,1H3,(H,19,20)/t11-/m0/s1. The van der Waals surface area contributed by atoms with Crippen molar-refractivity contribution in [1.29, 1.82) is 0 Å². The molecule has 0 aliphatic heterocycles. The lowest BCUT2D eigenvalue weighted by molar-refractivity contribution is -0.119. The lowest BCUT2D eigenvalue weighted by Crippen LogP contribution is -2.28. The summed E-state index contributed by atoms with van der Waals surface area (Å²) in [5.41, 5.74) is 1.04. The molecule has 0 fully saturated rings. The molecule has 0 aromatic heterocycles. The Hall–Kier alpha value is -0.970. The van der Waals surface area contributed by atoms with Crippen LogP contribution in [0.5, 0.6) is 0 Å². The molecule has 2 aromatic carbocycles. The van der Waals surface area contributed by atoms with Gasteiger partial charge in [-0.05, 0) is 48.9 Å². The molecule has 5 heteroatoms. The second-order valence-corrected chi connectivity index (χ2v) is 6.98. The first-order valence-electron chi connectivity index (χ1n) is 6.48. The predicted molar refractivity (Wildman–Crippen MR) is 92.9 cm³/mol. The summed E-state index contributed by atoms with van der Waals surface area (Å²) < 4.78 is 1.03. The van der Waals surface area contributed by atoms with Gasteiger partial charge in [0.2, 0.25) is 5.91 Å². The maximum atomic E-state index is 12.0. The number of hydrogen-bond acceptors (Lipinski definition) is 2. The summed E-state index contributed by atoms with van der Waals surface area (Å²) in [7, 11) is 0. The monoisotopic (exact) mass is 383 g/mol. The summed E-state index contributed by atoms with van der Waals surface area (Å²) in [6.45, 7) is 1.96. The van der Waals surface area contributed by atoms with Crippen molar-refractivity contribution in [2.24, 2.45) is 0 Å². The van der Waals surface area contributed by atoms with Crippen molar-refractivity contribution in [3.05, 3.63) is 63.6 Å². The van der Waals surface area contributed by atoms with Gasteiger partial charge in [0.05, 0.1) is 11.8 Å². The SMILES string of the molecule is C[C@H](NC(=O)CSc1ccc(Br)cc1)c1ccc(Cl)cc1. The number of amides is 1. The Morgan fingerprint density at radius 3 is 2.43 bits per heavy atom. The first kappa shape index (κ1) is 16.4. The predicted octanol–water partition coefficient (Wildman–Crippen LogP) is 5.07. The van der Waals surface area contributed by atoms with Crippen LogP contribution in [-0.2, 0) is 4.79 Å². The number of hydrogen-bond donors (Lipinski definition) is 1. The largest absolute Gasteiger partial charge is 0.349 e. The Kier molecular flexibility index (Phi) is 6.15. The molecule has 0 saturated heterocycles. The second kappa shape index (κ2) is 7.87.